The van der Waals surface area contributed by atoms with Crippen molar-refractivity contribution in [3.05, 3.63) is 59.3 Å². The van der Waals surface area contributed by atoms with E-state index in [2.05, 4.69) is 26.8 Å². The maximum absolute atomic E-state index is 13.9. The fraction of sp³-hybridized carbons (Fsp3) is 0.636. The lowest BCUT2D eigenvalue weighted by atomic mass is 9.71. The molecule has 8 nitrogen and oxygen atoms in total. The zero-order valence-electron chi connectivity index (χ0n) is 24.9. The maximum Gasteiger partial charge on any atom is 0.316 e. The third-order valence-electron chi connectivity index (χ3n) is 9.32. The Morgan fingerprint density at radius 3 is 2.54 bits per heavy atom. The van der Waals surface area contributed by atoms with Gasteiger partial charge in [-0.3, -0.25) is 9.59 Å². The predicted octanol–water partition coefficient (Wildman–Crippen LogP) is 4.13. The average Bonchev–Trinajstić information content (AvgIpc) is 3.26. The summed E-state index contributed by atoms with van der Waals surface area (Å²) in [5.41, 5.74) is -0.269. The smallest absolute Gasteiger partial charge is 0.316 e. The first-order chi connectivity index (χ1) is 19.3. The van der Waals surface area contributed by atoms with Crippen molar-refractivity contribution in [3.63, 3.8) is 0 Å². The Morgan fingerprint density at radius 1 is 1.05 bits per heavy atom. The number of carbonyl (C=O) groups is 2. The lowest BCUT2D eigenvalue weighted by molar-refractivity contribution is -0.299. The molecular weight excluding hydrogens is 524 g/mol. The largest absolute Gasteiger partial charge is 0.462 e. The minimum absolute atomic E-state index is 0.00781. The summed E-state index contributed by atoms with van der Waals surface area (Å²) in [5, 5.41) is 23.0. The fourth-order valence-corrected chi connectivity index (χ4v) is 6.88. The van der Waals surface area contributed by atoms with Crippen LogP contribution in [0.3, 0.4) is 0 Å². The molecule has 0 amide bonds. The summed E-state index contributed by atoms with van der Waals surface area (Å²) in [6, 6.07) is 0. The molecule has 2 bridgehead atoms. The SMILES string of the molecule is CC1=CC2C(=O)OC3CC(CC=C(C)C(O)C(C)C=CC=C4COC(C1=O)C42O)OC1(C=CC(C)C(C(C)C)O1)C3. The second-order valence-electron chi connectivity index (χ2n) is 12.9. The topological polar surface area (TPSA) is 112 Å². The normalized spacial score (nSPS) is 43.4. The van der Waals surface area contributed by atoms with Crippen molar-refractivity contribution in [2.75, 3.05) is 6.61 Å². The summed E-state index contributed by atoms with van der Waals surface area (Å²) in [4.78, 5) is 26.9. The highest BCUT2D eigenvalue weighted by Gasteiger charge is 2.60. The number of hydrogen-bond acceptors (Lipinski definition) is 8. The van der Waals surface area contributed by atoms with Crippen LogP contribution in [0.1, 0.15) is 60.8 Å². The molecule has 4 heterocycles. The first kappa shape index (κ1) is 30.1. The van der Waals surface area contributed by atoms with Crippen LogP contribution in [-0.2, 0) is 28.5 Å². The first-order valence-electron chi connectivity index (χ1n) is 14.9. The second-order valence-corrected chi connectivity index (χ2v) is 12.9. The highest BCUT2D eigenvalue weighted by molar-refractivity contribution is 6.03. The van der Waals surface area contributed by atoms with Gasteiger partial charge in [0.05, 0.1) is 24.9 Å². The Morgan fingerprint density at radius 2 is 1.80 bits per heavy atom. The quantitative estimate of drug-likeness (QED) is 0.359. The van der Waals surface area contributed by atoms with Crippen molar-refractivity contribution in [1.29, 1.82) is 0 Å². The first-order valence-corrected chi connectivity index (χ1v) is 14.9. The summed E-state index contributed by atoms with van der Waals surface area (Å²) in [6.07, 6.45) is 11.2. The van der Waals surface area contributed by atoms with Gasteiger partial charge in [-0.15, -0.1) is 0 Å². The van der Waals surface area contributed by atoms with Crippen LogP contribution in [-0.4, -0.2) is 70.5 Å². The highest BCUT2D eigenvalue weighted by atomic mass is 16.7. The van der Waals surface area contributed by atoms with Crippen molar-refractivity contribution in [2.24, 2.45) is 23.7 Å². The lowest BCUT2D eigenvalue weighted by Gasteiger charge is -2.48. The zero-order chi connectivity index (χ0) is 29.7. The molecule has 2 fully saturated rings. The molecule has 8 heteroatoms. The molecule has 41 heavy (non-hydrogen) atoms. The van der Waals surface area contributed by atoms with E-state index in [4.69, 9.17) is 18.9 Å². The molecule has 0 aromatic carbocycles. The number of esters is 1. The van der Waals surface area contributed by atoms with Gasteiger partial charge < -0.3 is 29.2 Å². The van der Waals surface area contributed by atoms with Crippen LogP contribution in [0.5, 0.6) is 0 Å². The number of carbonyl (C=O) groups excluding carboxylic acids is 2. The number of ether oxygens (including phenoxy) is 4. The van der Waals surface area contributed by atoms with Crippen LogP contribution in [0.4, 0.5) is 0 Å². The van der Waals surface area contributed by atoms with Gasteiger partial charge in [0.2, 0.25) is 0 Å². The monoisotopic (exact) mass is 568 g/mol. The summed E-state index contributed by atoms with van der Waals surface area (Å²) in [6.45, 7) is 11.8. The highest BCUT2D eigenvalue weighted by Crippen LogP contribution is 2.45. The third-order valence-corrected chi connectivity index (χ3v) is 9.32. The number of rotatable bonds is 1. The standard InChI is InChI=1S/C33H44O8/c1-18(2)29-21(5)12-13-32(41-29)16-25-15-24(40-32)11-10-20(4)27(34)19(3)8-7-9-23-17-38-30-28(35)22(6)14-26(31(36)39-25)33(23,30)37/h7-10,12-14,18-19,21,24-27,29-30,34,37H,11,15-17H2,1-6H3. The van der Waals surface area contributed by atoms with Gasteiger partial charge in [-0.05, 0) is 49.0 Å². The van der Waals surface area contributed by atoms with Gasteiger partial charge in [0.25, 0.3) is 0 Å². The minimum atomic E-state index is -1.87. The molecule has 2 N–H and O–H groups in total. The number of allylic oxidation sites excluding steroid dienone is 2. The summed E-state index contributed by atoms with van der Waals surface area (Å²) >= 11 is 0. The molecule has 0 saturated carbocycles. The van der Waals surface area contributed by atoms with Crippen LogP contribution >= 0.6 is 0 Å². The maximum atomic E-state index is 13.9. The van der Waals surface area contributed by atoms with E-state index in [1.54, 1.807) is 19.1 Å². The Hall–Kier alpha value is -2.36. The van der Waals surface area contributed by atoms with E-state index in [0.29, 0.717) is 30.4 Å². The number of hydrogen-bond donors (Lipinski definition) is 2. The van der Waals surface area contributed by atoms with Crippen LogP contribution in [0.25, 0.3) is 0 Å². The molecule has 0 radical (unpaired) electrons. The molecule has 2 saturated heterocycles. The Kier molecular flexibility index (Phi) is 8.36. The molecule has 10 atom stereocenters. The summed E-state index contributed by atoms with van der Waals surface area (Å²) in [7, 11) is 0. The number of Topliss-reactive ketones (excluding diaryl/α,β-unsaturated/α-hetero) is 1. The molecule has 4 aliphatic heterocycles. The van der Waals surface area contributed by atoms with Crippen molar-refractivity contribution in [1.82, 2.24) is 0 Å². The molecule has 5 rings (SSSR count). The van der Waals surface area contributed by atoms with E-state index in [-0.39, 0.29) is 42.4 Å². The molecular formula is C33H44O8. The zero-order valence-corrected chi connectivity index (χ0v) is 24.9. The van der Waals surface area contributed by atoms with Crippen LogP contribution in [0.15, 0.2) is 59.3 Å². The average molecular weight is 569 g/mol. The minimum Gasteiger partial charge on any atom is -0.462 e. The molecule has 224 valence electrons. The van der Waals surface area contributed by atoms with E-state index < -0.39 is 41.6 Å². The van der Waals surface area contributed by atoms with Gasteiger partial charge in [0.1, 0.15) is 17.6 Å². The van der Waals surface area contributed by atoms with E-state index in [0.717, 1.165) is 5.57 Å². The third kappa shape index (κ3) is 5.57. The molecule has 0 aromatic heterocycles. The molecule has 0 aromatic rings. The van der Waals surface area contributed by atoms with Crippen molar-refractivity contribution >= 4 is 11.8 Å². The van der Waals surface area contributed by atoms with E-state index >= 15 is 0 Å². The summed E-state index contributed by atoms with van der Waals surface area (Å²) in [5.74, 6) is -2.90. The van der Waals surface area contributed by atoms with E-state index in [1.165, 1.54) is 6.08 Å². The van der Waals surface area contributed by atoms with Crippen LogP contribution in [0, 0.1) is 23.7 Å². The second kappa shape index (κ2) is 11.4. The van der Waals surface area contributed by atoms with Gasteiger partial charge in [-0.25, -0.2) is 0 Å². The number of aliphatic hydroxyl groups excluding tert-OH is 1. The van der Waals surface area contributed by atoms with Gasteiger partial charge in [0.15, 0.2) is 17.7 Å². The predicted molar refractivity (Wildman–Crippen MR) is 152 cm³/mol. The van der Waals surface area contributed by atoms with Crippen LogP contribution in [0.2, 0.25) is 0 Å². The Labute approximate surface area is 242 Å². The fourth-order valence-electron chi connectivity index (χ4n) is 6.88. The number of aliphatic hydroxyl groups is 2. The van der Waals surface area contributed by atoms with Gasteiger partial charge >= 0.3 is 5.97 Å². The Balaban J connectivity index is 1.55. The molecule has 1 aliphatic carbocycles. The van der Waals surface area contributed by atoms with E-state index in [1.807, 2.05) is 32.1 Å². The van der Waals surface area contributed by atoms with Gasteiger partial charge in [0, 0.05) is 24.7 Å². The van der Waals surface area contributed by atoms with Crippen molar-refractivity contribution in [3.8, 4) is 0 Å². The van der Waals surface area contributed by atoms with Gasteiger partial charge in [-0.1, -0.05) is 64.2 Å². The van der Waals surface area contributed by atoms with Crippen molar-refractivity contribution in [2.45, 2.75) is 103 Å². The number of fused-ring (bicyclic) bond motifs is 2. The van der Waals surface area contributed by atoms with Crippen molar-refractivity contribution < 1.29 is 38.7 Å². The van der Waals surface area contributed by atoms with E-state index in [9.17, 15) is 19.8 Å². The lowest BCUT2D eigenvalue weighted by Crippen LogP contribution is -2.57. The molecule has 1 spiro atoms. The Bertz CT molecular complexity index is 1210. The number of ketones is 1. The molecule has 5 aliphatic rings. The van der Waals surface area contributed by atoms with Gasteiger partial charge in [-0.2, -0.15) is 0 Å². The molecule has 10 unspecified atom stereocenters. The summed E-state index contributed by atoms with van der Waals surface area (Å²) < 4.78 is 25.1. The van der Waals surface area contributed by atoms with Crippen LogP contribution < -0.4 is 0 Å².